The van der Waals surface area contributed by atoms with Gasteiger partial charge in [0.05, 0.1) is 63.5 Å². The van der Waals surface area contributed by atoms with Gasteiger partial charge in [-0.2, -0.15) is 0 Å². The SMILES string of the molecule is CC(=O)c1ccc2c(c1)Nc1ccccc1S2.CCc1ccc2nc3cc(Cl)ccc3c(N)c2c1.COc1ccc2ncccc2c1.Clc1ccc2c(c1)Cc1ccccc1S2.Clc1ccc2c(c1)Nc1ccccc1S2.c1ccc2c(c1)Nc1ccccc1S2. The van der Waals surface area contributed by atoms with Crippen molar-refractivity contribution in [2.45, 2.75) is 65.9 Å². The number of benzene rings is 11. The van der Waals surface area contributed by atoms with Gasteiger partial charge >= 0.3 is 0 Å². The Morgan fingerprint density at radius 3 is 1.57 bits per heavy atom. The molecule has 91 heavy (non-hydrogen) atoms. The highest BCUT2D eigenvalue weighted by atomic mass is 35.5. The molecular formula is C76H59Cl3N6O2S4. The summed E-state index contributed by atoms with van der Waals surface area (Å²) in [4.78, 5) is 30.3. The average Bonchev–Trinajstić information content (AvgIpc) is 1.17. The quantitative estimate of drug-likeness (QED) is 0.0998. The Kier molecular flexibility index (Phi) is 20.1. The van der Waals surface area contributed by atoms with Crippen molar-refractivity contribution < 1.29 is 9.53 Å². The van der Waals surface area contributed by atoms with Crippen LogP contribution in [0.1, 0.15) is 40.9 Å². The van der Waals surface area contributed by atoms with Crippen molar-refractivity contribution >= 4 is 160 Å². The van der Waals surface area contributed by atoms with Gasteiger partial charge in [-0.3, -0.25) is 9.78 Å². The lowest BCUT2D eigenvalue weighted by Gasteiger charge is -2.20. The summed E-state index contributed by atoms with van der Waals surface area (Å²) in [5, 5.41) is 15.5. The number of hydrogen-bond donors (Lipinski definition) is 4. The van der Waals surface area contributed by atoms with Crippen LogP contribution in [0, 0.1) is 0 Å². The Morgan fingerprint density at radius 2 is 0.956 bits per heavy atom. The average molecular weight is 1320 g/mol. The Bertz CT molecular complexity index is 4660. The lowest BCUT2D eigenvalue weighted by Crippen LogP contribution is -2.01. The Labute approximate surface area is 561 Å². The first-order valence-electron chi connectivity index (χ1n) is 29.3. The molecule has 17 rings (SSSR count). The topological polar surface area (TPSA) is 114 Å². The van der Waals surface area contributed by atoms with Crippen LogP contribution in [0.4, 0.5) is 39.8 Å². The van der Waals surface area contributed by atoms with Crippen LogP contribution < -0.4 is 26.4 Å². The monoisotopic (exact) mass is 1320 g/mol. The molecule has 4 aliphatic heterocycles. The van der Waals surface area contributed by atoms with E-state index in [2.05, 4.69) is 154 Å². The van der Waals surface area contributed by atoms with E-state index in [0.29, 0.717) is 5.02 Å². The molecule has 11 aromatic carbocycles. The number of ketones is 1. The number of anilines is 7. The fourth-order valence-electron chi connectivity index (χ4n) is 10.3. The summed E-state index contributed by atoms with van der Waals surface area (Å²) in [6.45, 7) is 3.72. The second-order valence-electron chi connectivity index (χ2n) is 21.2. The second kappa shape index (κ2) is 29.2. The molecule has 2 aromatic heterocycles. The zero-order valence-electron chi connectivity index (χ0n) is 49.6. The predicted octanol–water partition coefficient (Wildman–Crippen LogP) is 23.4. The van der Waals surface area contributed by atoms with E-state index in [9.17, 15) is 4.79 Å². The van der Waals surface area contributed by atoms with Crippen LogP contribution in [0.3, 0.4) is 0 Å². The third-order valence-electron chi connectivity index (χ3n) is 15.0. The van der Waals surface area contributed by atoms with E-state index in [0.717, 1.165) is 100 Å². The lowest BCUT2D eigenvalue weighted by molar-refractivity contribution is 0.101. The number of ether oxygens (including phenoxy) is 1. The molecule has 6 heterocycles. The Morgan fingerprint density at radius 1 is 0.462 bits per heavy atom. The van der Waals surface area contributed by atoms with Gasteiger partial charge in [-0.25, -0.2) is 4.98 Å². The maximum atomic E-state index is 11.3. The van der Waals surface area contributed by atoms with Crippen LogP contribution >= 0.6 is 81.9 Å². The van der Waals surface area contributed by atoms with Gasteiger partial charge in [-0.1, -0.05) is 174 Å². The normalized spacial score (nSPS) is 12.0. The van der Waals surface area contributed by atoms with E-state index >= 15 is 0 Å². The molecule has 0 spiro atoms. The number of carbonyl (C=O) groups is 1. The van der Waals surface area contributed by atoms with E-state index in [1.54, 1.807) is 43.8 Å². The van der Waals surface area contributed by atoms with Gasteiger partial charge in [-0.05, 0) is 194 Å². The molecule has 0 bridgehead atoms. The highest BCUT2D eigenvalue weighted by molar-refractivity contribution is 8.00. The first-order valence-corrected chi connectivity index (χ1v) is 33.7. The molecule has 0 saturated heterocycles. The van der Waals surface area contributed by atoms with Crippen LogP contribution in [0.5, 0.6) is 5.75 Å². The molecule has 0 radical (unpaired) electrons. The first-order chi connectivity index (χ1) is 44.4. The number of nitrogens with two attached hydrogens (primary N) is 1. The number of rotatable bonds is 3. The molecule has 0 unspecified atom stereocenters. The molecule has 0 aliphatic carbocycles. The van der Waals surface area contributed by atoms with Crippen molar-refractivity contribution in [3.05, 3.63) is 286 Å². The smallest absolute Gasteiger partial charge is 0.159 e. The number of fused-ring (bicyclic) bond motifs is 11. The zero-order chi connectivity index (χ0) is 62.8. The van der Waals surface area contributed by atoms with Crippen molar-refractivity contribution in [1.29, 1.82) is 0 Å². The second-order valence-corrected chi connectivity index (χ2v) is 26.8. The number of pyridine rings is 2. The minimum Gasteiger partial charge on any atom is -0.497 e. The van der Waals surface area contributed by atoms with E-state index in [4.69, 9.17) is 45.3 Å². The number of methoxy groups -OCH3 is 1. The molecule has 13 aromatic rings. The van der Waals surface area contributed by atoms with Crippen molar-refractivity contribution in [2.75, 3.05) is 28.8 Å². The largest absolute Gasteiger partial charge is 0.497 e. The predicted molar refractivity (Wildman–Crippen MR) is 387 cm³/mol. The van der Waals surface area contributed by atoms with E-state index in [1.807, 2.05) is 145 Å². The summed E-state index contributed by atoms with van der Waals surface area (Å²) < 4.78 is 5.09. The minimum atomic E-state index is 0.0958. The molecule has 450 valence electrons. The van der Waals surface area contributed by atoms with Gasteiger partial charge in [0.2, 0.25) is 0 Å². The molecular weight excluding hydrogens is 1260 g/mol. The number of para-hydroxylation sites is 4. The fourth-order valence-corrected chi connectivity index (χ4v) is 14.8. The number of Topliss-reactive ketones (excluding diaryl/α,β-unsaturated/α-hetero) is 1. The number of nitrogens with zero attached hydrogens (tertiary/aromatic N) is 2. The third-order valence-corrected chi connectivity index (χ3v) is 20.4. The molecule has 5 N–H and O–H groups in total. The number of nitrogen functional groups attached to an aromatic ring is 1. The lowest BCUT2D eigenvalue weighted by atomic mass is 10.0. The number of carbonyl (C=O) groups excluding carboxylic acids is 1. The van der Waals surface area contributed by atoms with Crippen LogP contribution in [-0.4, -0.2) is 22.9 Å². The van der Waals surface area contributed by atoms with Gasteiger partial charge in [0, 0.05) is 82.2 Å². The van der Waals surface area contributed by atoms with Gasteiger partial charge in [0.1, 0.15) is 5.75 Å². The Hall–Kier alpha value is -8.56. The third kappa shape index (κ3) is 15.3. The van der Waals surface area contributed by atoms with Crippen molar-refractivity contribution in [3.63, 3.8) is 0 Å². The van der Waals surface area contributed by atoms with Gasteiger partial charge in [-0.15, -0.1) is 0 Å². The summed E-state index contributed by atoms with van der Waals surface area (Å²) in [6, 6.07) is 81.2. The van der Waals surface area contributed by atoms with E-state index < -0.39 is 0 Å². The molecule has 0 amide bonds. The van der Waals surface area contributed by atoms with Crippen LogP contribution in [-0.2, 0) is 12.8 Å². The van der Waals surface area contributed by atoms with Crippen molar-refractivity contribution in [2.24, 2.45) is 0 Å². The number of halogens is 3. The van der Waals surface area contributed by atoms with Crippen LogP contribution in [0.25, 0.3) is 32.7 Å². The minimum absolute atomic E-state index is 0.0958. The number of aryl methyl sites for hydroxylation is 1. The van der Waals surface area contributed by atoms with Gasteiger partial charge in [0.15, 0.2) is 5.78 Å². The van der Waals surface area contributed by atoms with Crippen molar-refractivity contribution in [3.8, 4) is 5.75 Å². The fraction of sp³-hybridized carbons (Fsp3) is 0.0658. The zero-order valence-corrected chi connectivity index (χ0v) is 55.2. The van der Waals surface area contributed by atoms with E-state index in [-0.39, 0.29) is 5.78 Å². The van der Waals surface area contributed by atoms with Gasteiger partial charge in [0.25, 0.3) is 0 Å². The summed E-state index contributed by atoms with van der Waals surface area (Å²) in [7, 11) is 1.66. The Balaban J connectivity index is 0.000000106. The molecule has 4 aliphatic rings. The number of hydrogen-bond acceptors (Lipinski definition) is 12. The highest BCUT2D eigenvalue weighted by Crippen LogP contribution is 2.47. The molecule has 8 nitrogen and oxygen atoms in total. The standard InChI is InChI=1S/C15H13ClN2.C14H11NOS.C13H9ClS.C12H8ClNS.C12H9NS.C10H9NO/c1-2-9-3-6-13-12(7-9)15(17)11-5-4-10(16)8-14(11)18-13;1-9(16)10-6-7-14-12(8-10)15-11-4-2-3-5-13(11)17-14;14-11-5-6-13-10(8-11)7-9-3-1-2-4-12(9)15-13;13-8-5-6-12-10(7-8)14-9-3-1-2-4-11(9)15-12;1-3-7-11-9(5-1)13-10-6-2-4-8-12(10)14-11;1-12-9-4-5-10-8(7-9)3-2-6-11-10/h3-8H,2H2,1H3,(H2,17,18);2-8,15H,1H3;1-6,8H,7H2;1-7,14H;1-8,13H;2-7H,1H3. The maximum absolute atomic E-state index is 11.3. The highest BCUT2D eigenvalue weighted by Gasteiger charge is 2.19. The molecule has 0 atom stereocenters. The van der Waals surface area contributed by atoms with Crippen molar-refractivity contribution in [1.82, 2.24) is 9.97 Å². The molecule has 0 fully saturated rings. The first kappa shape index (κ1) is 62.6. The number of aromatic nitrogens is 2. The summed E-state index contributed by atoms with van der Waals surface area (Å²) in [5.74, 6) is 0.967. The van der Waals surface area contributed by atoms with Gasteiger partial charge < -0.3 is 26.4 Å². The summed E-state index contributed by atoms with van der Waals surface area (Å²) in [6.07, 6.45) is 3.78. The molecule has 0 saturated carbocycles. The van der Waals surface area contributed by atoms with E-state index in [1.165, 1.54) is 62.3 Å². The molecule has 15 heteroatoms. The van der Waals surface area contributed by atoms with Crippen LogP contribution in [0.2, 0.25) is 15.1 Å². The number of nitrogens with one attached hydrogen (secondary N) is 3. The van der Waals surface area contributed by atoms with Crippen LogP contribution in [0.15, 0.2) is 288 Å². The maximum Gasteiger partial charge on any atom is 0.159 e. The summed E-state index contributed by atoms with van der Waals surface area (Å²) >= 11 is 25.1. The summed E-state index contributed by atoms with van der Waals surface area (Å²) in [5.41, 5.74) is 21.3.